The van der Waals surface area contributed by atoms with Crippen LogP contribution in [0.15, 0.2) is 72.0 Å². The van der Waals surface area contributed by atoms with Crippen LogP contribution < -0.4 is 10.2 Å². The van der Waals surface area contributed by atoms with Gasteiger partial charge in [-0.05, 0) is 47.4 Å². The molecule has 5 nitrogen and oxygen atoms in total. The van der Waals surface area contributed by atoms with E-state index in [9.17, 15) is 0 Å². The Hall–Kier alpha value is -3.12. The average Bonchev–Trinajstić information content (AvgIpc) is 3.34. The van der Waals surface area contributed by atoms with Gasteiger partial charge in [-0.25, -0.2) is 4.98 Å². The molecule has 0 saturated heterocycles. The van der Waals surface area contributed by atoms with Crippen LogP contribution in [0.3, 0.4) is 0 Å². The average molecular weight is 419 g/mol. The van der Waals surface area contributed by atoms with Crippen LogP contribution in [0.2, 0.25) is 0 Å². The molecule has 0 bridgehead atoms. The molecule has 6 heteroatoms. The van der Waals surface area contributed by atoms with Crippen molar-refractivity contribution in [3.05, 3.63) is 78.1 Å². The number of hydrogen-bond donors (Lipinski definition) is 1. The van der Waals surface area contributed by atoms with Gasteiger partial charge in [-0.3, -0.25) is 5.43 Å². The molecule has 0 aliphatic rings. The van der Waals surface area contributed by atoms with Crippen LogP contribution in [-0.4, -0.2) is 22.4 Å². The Kier molecular flexibility index (Phi) is 5.86. The molecule has 0 saturated carbocycles. The Bertz CT molecular complexity index is 1100. The summed E-state index contributed by atoms with van der Waals surface area (Å²) in [6, 6.07) is 20.5. The normalized spacial score (nSPS) is 12.0. The first-order valence-corrected chi connectivity index (χ1v) is 10.8. The van der Waals surface area contributed by atoms with E-state index < -0.39 is 0 Å². The van der Waals surface area contributed by atoms with Crippen molar-refractivity contribution in [2.24, 2.45) is 5.10 Å². The summed E-state index contributed by atoms with van der Waals surface area (Å²) in [6.45, 7) is 7.98. The Morgan fingerprint density at radius 1 is 1.07 bits per heavy atom. The van der Waals surface area contributed by atoms with Crippen molar-refractivity contribution in [2.45, 2.75) is 32.7 Å². The van der Waals surface area contributed by atoms with Crippen molar-refractivity contribution in [3.8, 4) is 5.75 Å². The van der Waals surface area contributed by atoms with E-state index in [2.05, 4.69) is 59.0 Å². The molecule has 2 aromatic carbocycles. The minimum Gasteiger partial charge on any atom is -0.492 e. The standard InChI is InChI=1S/C24H26N4OS/c1-24(2,3)18-10-12-20(13-11-18)29-16-15-28-14-6-7-19(28)17-25-27-23-26-21-8-4-5-9-22(21)30-23/h4-14,17H,15-16H2,1-3H3,(H,26,27). The smallest absolute Gasteiger partial charge is 0.204 e. The minimum absolute atomic E-state index is 0.150. The number of nitrogens with zero attached hydrogens (tertiary/aromatic N) is 3. The van der Waals surface area contributed by atoms with Gasteiger partial charge in [0.05, 0.1) is 28.7 Å². The lowest BCUT2D eigenvalue weighted by atomic mass is 9.87. The summed E-state index contributed by atoms with van der Waals surface area (Å²) in [5.41, 5.74) is 6.48. The first-order valence-electron chi connectivity index (χ1n) is 10.0. The zero-order valence-electron chi connectivity index (χ0n) is 17.5. The maximum absolute atomic E-state index is 5.92. The Balaban J connectivity index is 1.31. The SMILES string of the molecule is CC(C)(C)c1ccc(OCCn2cccc2C=NNc2nc3ccccc3s2)cc1. The molecule has 4 rings (SSSR count). The fraction of sp³-hybridized carbons (Fsp3) is 0.250. The lowest BCUT2D eigenvalue weighted by Crippen LogP contribution is -2.12. The molecule has 30 heavy (non-hydrogen) atoms. The second-order valence-electron chi connectivity index (χ2n) is 8.11. The maximum atomic E-state index is 5.92. The number of para-hydroxylation sites is 1. The van der Waals surface area contributed by atoms with E-state index in [-0.39, 0.29) is 5.41 Å². The number of ether oxygens (including phenoxy) is 1. The molecule has 0 atom stereocenters. The molecular formula is C24H26N4OS. The number of anilines is 1. The number of aromatic nitrogens is 2. The Labute approximate surface area is 181 Å². The van der Waals surface area contributed by atoms with Gasteiger partial charge in [-0.1, -0.05) is 56.4 Å². The summed E-state index contributed by atoms with van der Waals surface area (Å²) in [6.07, 6.45) is 3.84. The van der Waals surface area contributed by atoms with E-state index in [4.69, 9.17) is 4.74 Å². The molecule has 0 spiro atoms. The molecule has 154 valence electrons. The highest BCUT2D eigenvalue weighted by atomic mass is 32.1. The summed E-state index contributed by atoms with van der Waals surface area (Å²) < 4.78 is 9.18. The van der Waals surface area contributed by atoms with E-state index in [1.807, 2.05) is 54.9 Å². The van der Waals surface area contributed by atoms with E-state index in [1.165, 1.54) is 5.56 Å². The fourth-order valence-corrected chi connectivity index (χ4v) is 3.95. The van der Waals surface area contributed by atoms with Crippen molar-refractivity contribution in [3.63, 3.8) is 0 Å². The van der Waals surface area contributed by atoms with Crippen LogP contribution in [0.25, 0.3) is 10.2 Å². The lowest BCUT2D eigenvalue weighted by Gasteiger charge is -2.19. The number of hydrazone groups is 1. The van der Waals surface area contributed by atoms with E-state index in [0.717, 1.165) is 33.3 Å². The number of nitrogens with one attached hydrogen (secondary N) is 1. The second kappa shape index (κ2) is 8.71. The molecule has 0 aliphatic heterocycles. The number of rotatable bonds is 7. The largest absolute Gasteiger partial charge is 0.492 e. The number of hydrogen-bond acceptors (Lipinski definition) is 5. The van der Waals surface area contributed by atoms with Gasteiger partial charge in [0.1, 0.15) is 12.4 Å². The van der Waals surface area contributed by atoms with Gasteiger partial charge in [0, 0.05) is 6.20 Å². The third kappa shape index (κ3) is 4.89. The third-order valence-corrected chi connectivity index (χ3v) is 5.78. The van der Waals surface area contributed by atoms with E-state index in [0.29, 0.717) is 6.61 Å². The molecule has 2 heterocycles. The monoisotopic (exact) mass is 418 g/mol. The van der Waals surface area contributed by atoms with E-state index >= 15 is 0 Å². The van der Waals surface area contributed by atoms with Gasteiger partial charge < -0.3 is 9.30 Å². The van der Waals surface area contributed by atoms with Gasteiger partial charge in [0.2, 0.25) is 5.13 Å². The van der Waals surface area contributed by atoms with Gasteiger partial charge in [0.25, 0.3) is 0 Å². The molecular weight excluding hydrogens is 392 g/mol. The van der Waals surface area contributed by atoms with Crippen LogP contribution in [-0.2, 0) is 12.0 Å². The van der Waals surface area contributed by atoms with Gasteiger partial charge in [-0.15, -0.1) is 0 Å². The van der Waals surface area contributed by atoms with Crippen molar-refractivity contribution >= 4 is 32.9 Å². The quantitative estimate of drug-likeness (QED) is 0.299. The molecule has 4 aromatic rings. The predicted octanol–water partition coefficient (Wildman–Crippen LogP) is 5.92. The van der Waals surface area contributed by atoms with Crippen LogP contribution >= 0.6 is 11.3 Å². The zero-order valence-corrected chi connectivity index (χ0v) is 18.3. The topological polar surface area (TPSA) is 51.4 Å². The fourth-order valence-electron chi connectivity index (χ4n) is 3.13. The summed E-state index contributed by atoms with van der Waals surface area (Å²) in [5, 5.41) is 5.13. The molecule has 0 amide bonds. The first kappa shape index (κ1) is 20.2. The Morgan fingerprint density at radius 3 is 2.63 bits per heavy atom. The van der Waals surface area contributed by atoms with Crippen LogP contribution in [0.5, 0.6) is 5.75 Å². The molecule has 0 radical (unpaired) electrons. The summed E-state index contributed by atoms with van der Waals surface area (Å²) in [5.74, 6) is 0.892. The van der Waals surface area contributed by atoms with Gasteiger partial charge >= 0.3 is 0 Å². The molecule has 2 aromatic heterocycles. The molecule has 0 fully saturated rings. The third-order valence-electron chi connectivity index (χ3n) is 4.84. The van der Waals surface area contributed by atoms with Crippen molar-refractivity contribution in [2.75, 3.05) is 12.0 Å². The maximum Gasteiger partial charge on any atom is 0.204 e. The highest BCUT2D eigenvalue weighted by Gasteiger charge is 2.12. The summed E-state index contributed by atoms with van der Waals surface area (Å²) in [4.78, 5) is 4.53. The molecule has 0 aliphatic carbocycles. The number of thiazole rings is 1. The van der Waals surface area contributed by atoms with Gasteiger partial charge in [0.15, 0.2) is 0 Å². The summed E-state index contributed by atoms with van der Waals surface area (Å²) in [7, 11) is 0. The predicted molar refractivity (Wildman–Crippen MR) is 126 cm³/mol. The van der Waals surface area contributed by atoms with Crippen LogP contribution in [0.1, 0.15) is 32.0 Å². The highest BCUT2D eigenvalue weighted by molar-refractivity contribution is 7.22. The van der Waals surface area contributed by atoms with Crippen molar-refractivity contribution in [1.29, 1.82) is 0 Å². The van der Waals surface area contributed by atoms with E-state index in [1.54, 1.807) is 11.3 Å². The highest BCUT2D eigenvalue weighted by Crippen LogP contribution is 2.25. The Morgan fingerprint density at radius 2 is 1.87 bits per heavy atom. The zero-order chi connectivity index (χ0) is 21.0. The van der Waals surface area contributed by atoms with Crippen LogP contribution in [0, 0.1) is 0 Å². The van der Waals surface area contributed by atoms with Crippen LogP contribution in [0.4, 0.5) is 5.13 Å². The first-order chi connectivity index (χ1) is 14.5. The second-order valence-corrected chi connectivity index (χ2v) is 9.14. The van der Waals surface area contributed by atoms with Crippen molar-refractivity contribution in [1.82, 2.24) is 9.55 Å². The summed E-state index contributed by atoms with van der Waals surface area (Å²) >= 11 is 1.59. The molecule has 0 unspecified atom stereocenters. The lowest BCUT2D eigenvalue weighted by molar-refractivity contribution is 0.298. The minimum atomic E-state index is 0.150. The number of fused-ring (bicyclic) bond motifs is 1. The van der Waals surface area contributed by atoms with Crippen molar-refractivity contribution < 1.29 is 4.74 Å². The van der Waals surface area contributed by atoms with Gasteiger partial charge in [-0.2, -0.15) is 5.10 Å². The molecule has 1 N–H and O–H groups in total. The number of benzene rings is 2.